The standard InChI is InChI=1S/C29H28N10O4/c1-15(17-4-6-19(7-5-17)27-35-37-38-36-27)34-29(43)22-11-21(32-14-33-22)28(42)31-12-16-2-3-18-8-9-39(13-20(18)10-16)24-23(30)25(40)26(24)41/h2-7,10-11,14-15,37-38H,8-9,12-13,30H2,1H3,(H,31,42)(H,34,43)(H,35,36)/t15-/m0/s1. The summed E-state index contributed by atoms with van der Waals surface area (Å²) < 4.78 is 0. The van der Waals surface area contributed by atoms with E-state index in [1.165, 1.54) is 12.4 Å². The zero-order valence-electron chi connectivity index (χ0n) is 23.1. The van der Waals surface area contributed by atoms with E-state index in [2.05, 4.69) is 42.2 Å². The third-order valence-electron chi connectivity index (χ3n) is 7.54. The first-order valence-corrected chi connectivity index (χ1v) is 13.6. The number of aromatic nitrogens is 2. The molecule has 4 aromatic rings. The first kappa shape index (κ1) is 27.5. The minimum absolute atomic E-state index is 0.0157. The summed E-state index contributed by atoms with van der Waals surface area (Å²) in [4.78, 5) is 59.3. The van der Waals surface area contributed by atoms with Crippen LogP contribution in [0.3, 0.4) is 0 Å². The van der Waals surface area contributed by atoms with Gasteiger partial charge < -0.3 is 21.3 Å². The van der Waals surface area contributed by atoms with Crippen LogP contribution in [0.1, 0.15) is 61.8 Å². The first-order valence-electron chi connectivity index (χ1n) is 13.6. The third kappa shape index (κ3) is 5.50. The summed E-state index contributed by atoms with van der Waals surface area (Å²) in [5, 5.41) is 9.79. The van der Waals surface area contributed by atoms with E-state index in [4.69, 9.17) is 5.73 Å². The summed E-state index contributed by atoms with van der Waals surface area (Å²) >= 11 is 0. The number of hydrogen-bond donors (Lipinski definition) is 6. The topological polar surface area (TPSA) is 196 Å². The van der Waals surface area contributed by atoms with Gasteiger partial charge in [-0.3, -0.25) is 24.6 Å². The molecule has 1 atom stereocenters. The number of hydrazone groups is 1. The molecular weight excluding hydrogens is 552 g/mol. The van der Waals surface area contributed by atoms with Crippen LogP contribution in [0.25, 0.3) is 0 Å². The number of hydrogen-bond acceptors (Lipinski definition) is 12. The Morgan fingerprint density at radius 3 is 2.49 bits per heavy atom. The van der Waals surface area contributed by atoms with Crippen molar-refractivity contribution >= 4 is 29.0 Å². The molecule has 0 aliphatic carbocycles. The highest BCUT2D eigenvalue weighted by Gasteiger charge is 2.27. The van der Waals surface area contributed by atoms with Crippen LogP contribution in [0, 0.1) is 0 Å². The molecule has 14 heteroatoms. The molecule has 0 spiro atoms. The third-order valence-corrected chi connectivity index (χ3v) is 7.54. The molecule has 2 aliphatic rings. The Kier molecular flexibility index (Phi) is 7.26. The summed E-state index contributed by atoms with van der Waals surface area (Å²) in [5.41, 5.74) is 17.9. The Morgan fingerprint density at radius 1 is 1.00 bits per heavy atom. The van der Waals surface area contributed by atoms with E-state index in [1.54, 1.807) is 0 Å². The molecule has 43 heavy (non-hydrogen) atoms. The number of carbonyl (C=O) groups is 2. The summed E-state index contributed by atoms with van der Waals surface area (Å²) in [7, 11) is 0. The van der Waals surface area contributed by atoms with Crippen LogP contribution in [0.4, 0.5) is 11.4 Å². The van der Waals surface area contributed by atoms with Gasteiger partial charge in [0.25, 0.3) is 22.7 Å². The molecule has 3 heterocycles. The maximum Gasteiger partial charge on any atom is 0.270 e. The average Bonchev–Trinajstić information content (AvgIpc) is 3.59. The van der Waals surface area contributed by atoms with E-state index in [1.807, 2.05) is 54.3 Å². The molecular formula is C29H28N10O4. The maximum atomic E-state index is 12.9. The van der Waals surface area contributed by atoms with Crippen molar-refractivity contribution in [2.24, 2.45) is 5.10 Å². The predicted octanol–water partition coefficient (Wildman–Crippen LogP) is -0.0875. The molecule has 7 N–H and O–H groups in total. The second-order valence-corrected chi connectivity index (χ2v) is 10.3. The van der Waals surface area contributed by atoms with Crippen molar-refractivity contribution in [3.8, 4) is 0 Å². The molecule has 6 rings (SSSR count). The van der Waals surface area contributed by atoms with Crippen molar-refractivity contribution in [2.75, 3.05) is 17.2 Å². The number of anilines is 2. The lowest BCUT2D eigenvalue weighted by atomic mass is 9.96. The van der Waals surface area contributed by atoms with Crippen molar-refractivity contribution < 1.29 is 9.59 Å². The highest BCUT2D eigenvalue weighted by Crippen LogP contribution is 2.26. The lowest BCUT2D eigenvalue weighted by molar-refractivity contribution is 0.0934. The number of hydrazine groups is 2. The Balaban J connectivity index is 1.06. The number of amides is 2. The molecule has 1 aromatic heterocycles. The molecule has 0 saturated carbocycles. The number of carbonyl (C=O) groups excluding carboxylic acids is 2. The van der Waals surface area contributed by atoms with Gasteiger partial charge in [0.1, 0.15) is 29.1 Å². The van der Waals surface area contributed by atoms with Crippen molar-refractivity contribution in [2.45, 2.75) is 32.5 Å². The number of amidine groups is 1. The fourth-order valence-corrected chi connectivity index (χ4v) is 5.12. The van der Waals surface area contributed by atoms with Gasteiger partial charge >= 0.3 is 0 Å². The van der Waals surface area contributed by atoms with E-state index in [0.717, 1.165) is 27.8 Å². The zero-order valence-corrected chi connectivity index (χ0v) is 23.1. The van der Waals surface area contributed by atoms with E-state index >= 15 is 0 Å². The Bertz CT molecular complexity index is 1830. The van der Waals surface area contributed by atoms with E-state index < -0.39 is 22.7 Å². The van der Waals surface area contributed by atoms with E-state index in [-0.39, 0.29) is 35.3 Å². The lowest BCUT2D eigenvalue weighted by Crippen LogP contribution is -2.44. The summed E-state index contributed by atoms with van der Waals surface area (Å²) in [6.45, 7) is 3.11. The minimum Gasteiger partial charge on any atom is -0.394 e. The lowest BCUT2D eigenvalue weighted by Gasteiger charge is -2.32. The number of benzene rings is 2. The van der Waals surface area contributed by atoms with Crippen molar-refractivity contribution in [3.05, 3.63) is 115 Å². The number of fused-ring (bicyclic) bond motifs is 1. The normalized spacial score (nSPS) is 14.7. The number of nitrogens with one attached hydrogen (secondary N) is 5. The fourth-order valence-electron chi connectivity index (χ4n) is 5.12. The van der Waals surface area contributed by atoms with Crippen molar-refractivity contribution in [1.29, 1.82) is 0 Å². The summed E-state index contributed by atoms with van der Waals surface area (Å²) in [6, 6.07) is 14.5. The van der Waals surface area contributed by atoms with Gasteiger partial charge in [0, 0.05) is 31.3 Å². The first-order chi connectivity index (χ1) is 20.8. The van der Waals surface area contributed by atoms with Gasteiger partial charge in [-0.1, -0.05) is 42.5 Å². The molecule has 0 unspecified atom stereocenters. The van der Waals surface area contributed by atoms with Gasteiger partial charge in [0.05, 0.1) is 6.04 Å². The molecule has 0 fully saturated rings. The molecule has 2 amide bonds. The second kappa shape index (κ2) is 11.3. The van der Waals surface area contributed by atoms with Crippen molar-refractivity contribution in [1.82, 2.24) is 37.1 Å². The summed E-state index contributed by atoms with van der Waals surface area (Å²) in [5.74, 6) is -0.245. The quantitative estimate of drug-likeness (QED) is 0.152. The van der Waals surface area contributed by atoms with Crippen LogP contribution < -0.4 is 48.6 Å². The predicted molar refractivity (Wildman–Crippen MR) is 158 cm³/mol. The van der Waals surface area contributed by atoms with Crippen LogP contribution in [0.15, 0.2) is 69.5 Å². The van der Waals surface area contributed by atoms with Crippen LogP contribution in [0.2, 0.25) is 0 Å². The highest BCUT2D eigenvalue weighted by molar-refractivity contribution is 5.99. The molecule has 0 saturated heterocycles. The Morgan fingerprint density at radius 2 is 1.77 bits per heavy atom. The smallest absolute Gasteiger partial charge is 0.270 e. The number of nitrogens with zero attached hydrogens (tertiary/aromatic N) is 4. The van der Waals surface area contributed by atoms with Gasteiger partial charge in [-0.25, -0.2) is 15.5 Å². The average molecular weight is 581 g/mol. The number of nitrogen functional groups attached to an aromatic ring is 1. The van der Waals surface area contributed by atoms with Gasteiger partial charge in [-0.05, 0) is 35.6 Å². The van der Waals surface area contributed by atoms with Crippen LogP contribution in [-0.2, 0) is 19.5 Å². The van der Waals surface area contributed by atoms with Crippen LogP contribution >= 0.6 is 0 Å². The van der Waals surface area contributed by atoms with Gasteiger partial charge in [0.15, 0.2) is 5.84 Å². The van der Waals surface area contributed by atoms with E-state index in [0.29, 0.717) is 25.3 Å². The number of rotatable bonds is 8. The van der Waals surface area contributed by atoms with Gasteiger partial charge in [0.2, 0.25) is 0 Å². The zero-order chi connectivity index (χ0) is 30.1. The van der Waals surface area contributed by atoms with Crippen molar-refractivity contribution in [3.63, 3.8) is 0 Å². The molecule has 14 nitrogen and oxygen atoms in total. The summed E-state index contributed by atoms with van der Waals surface area (Å²) in [6.07, 6.45) is 1.89. The molecule has 218 valence electrons. The molecule has 0 radical (unpaired) electrons. The van der Waals surface area contributed by atoms with Crippen LogP contribution in [0.5, 0.6) is 0 Å². The highest BCUT2D eigenvalue weighted by atomic mass is 16.2. The van der Waals surface area contributed by atoms with Gasteiger partial charge in [-0.2, -0.15) is 0 Å². The monoisotopic (exact) mass is 580 g/mol. The van der Waals surface area contributed by atoms with Gasteiger partial charge in [-0.15, -0.1) is 10.6 Å². The molecule has 0 bridgehead atoms. The molecule has 2 aliphatic heterocycles. The number of nitrogens with two attached hydrogens (primary N) is 1. The largest absolute Gasteiger partial charge is 0.394 e. The maximum absolute atomic E-state index is 12.9. The SMILES string of the molecule is C[C@H](NC(=O)c1cc(C(=O)NCc2ccc3c(c2)CN(c2c(N)c(=O)c2=O)CC3)ncn1)c1ccc(C2=NNNN2)cc1. The second-order valence-electron chi connectivity index (χ2n) is 10.3. The molecule has 3 aromatic carbocycles. The van der Waals surface area contributed by atoms with E-state index in [9.17, 15) is 19.2 Å². The van der Waals surface area contributed by atoms with Crippen LogP contribution in [-0.4, -0.2) is 34.2 Å². The Labute approximate surface area is 245 Å². The fraction of sp³-hybridized carbons (Fsp3) is 0.207. The minimum atomic E-state index is -0.633. The Hall–Kier alpha value is -5.63.